The third kappa shape index (κ3) is 3.47. The molecule has 4 nitrogen and oxygen atoms in total. The number of benzene rings is 2. The normalized spacial score (nSPS) is 11.3. The van der Waals surface area contributed by atoms with Crippen LogP contribution >= 0.6 is 27.7 Å². The van der Waals surface area contributed by atoms with E-state index in [0.29, 0.717) is 10.2 Å². The van der Waals surface area contributed by atoms with Gasteiger partial charge in [-0.3, -0.25) is 4.72 Å². The Morgan fingerprint density at radius 2 is 1.80 bits per heavy atom. The zero-order valence-corrected chi connectivity index (χ0v) is 13.8. The molecule has 0 saturated carbocycles. The van der Waals surface area contributed by atoms with Crippen molar-refractivity contribution in [3.8, 4) is 0 Å². The Kier molecular flexibility index (Phi) is 4.62. The predicted octanol–water partition coefficient (Wildman–Crippen LogP) is 3.55. The monoisotopic (exact) mass is 372 g/mol. The Balaban J connectivity index is 2.32. The molecule has 3 N–H and O–H groups in total. The van der Waals surface area contributed by atoms with Gasteiger partial charge in [0.05, 0.1) is 5.69 Å². The number of sulfonamides is 1. The Labute approximate surface area is 130 Å². The maximum atomic E-state index is 12.3. The summed E-state index contributed by atoms with van der Waals surface area (Å²) in [5, 5.41) is 0. The van der Waals surface area contributed by atoms with E-state index in [-0.39, 0.29) is 10.6 Å². The minimum absolute atomic E-state index is 0.0563. The molecule has 0 aromatic heterocycles. The van der Waals surface area contributed by atoms with Crippen LogP contribution in [0.2, 0.25) is 0 Å². The van der Waals surface area contributed by atoms with Crippen molar-refractivity contribution < 1.29 is 8.42 Å². The molecule has 0 aliphatic rings. The first-order valence-corrected chi connectivity index (χ1v) is 9.14. The van der Waals surface area contributed by atoms with E-state index in [4.69, 9.17) is 5.73 Å². The van der Waals surface area contributed by atoms with Gasteiger partial charge in [0.25, 0.3) is 10.0 Å². The molecule has 2 aromatic carbocycles. The highest BCUT2D eigenvalue weighted by molar-refractivity contribution is 9.10. The summed E-state index contributed by atoms with van der Waals surface area (Å²) in [7, 11) is -3.70. The zero-order valence-electron chi connectivity index (χ0n) is 10.6. The van der Waals surface area contributed by atoms with Gasteiger partial charge in [-0.15, -0.1) is 11.8 Å². The topological polar surface area (TPSA) is 72.2 Å². The van der Waals surface area contributed by atoms with Gasteiger partial charge in [0.15, 0.2) is 0 Å². The number of anilines is 2. The van der Waals surface area contributed by atoms with Gasteiger partial charge in [-0.2, -0.15) is 0 Å². The smallest absolute Gasteiger partial charge is 0.263 e. The van der Waals surface area contributed by atoms with Gasteiger partial charge in [0.2, 0.25) is 0 Å². The second kappa shape index (κ2) is 6.07. The van der Waals surface area contributed by atoms with Crippen LogP contribution < -0.4 is 10.5 Å². The number of hydrogen-bond donors (Lipinski definition) is 2. The molecule has 20 heavy (non-hydrogen) atoms. The molecule has 0 saturated heterocycles. The first kappa shape index (κ1) is 15.2. The minimum Gasteiger partial charge on any atom is -0.398 e. The zero-order chi connectivity index (χ0) is 14.8. The van der Waals surface area contributed by atoms with Crippen LogP contribution in [0.5, 0.6) is 0 Å². The Hall–Kier alpha value is -1.18. The fourth-order valence-corrected chi connectivity index (χ4v) is 3.75. The number of nitrogen functional groups attached to an aromatic ring is 1. The van der Waals surface area contributed by atoms with Crippen LogP contribution in [0.15, 0.2) is 56.7 Å². The molecule has 2 rings (SSSR count). The van der Waals surface area contributed by atoms with Crippen LogP contribution in [-0.2, 0) is 10.0 Å². The third-order valence-electron chi connectivity index (χ3n) is 2.61. The van der Waals surface area contributed by atoms with Crippen molar-refractivity contribution in [3.05, 3.63) is 46.9 Å². The van der Waals surface area contributed by atoms with Gasteiger partial charge in [0, 0.05) is 15.1 Å². The van der Waals surface area contributed by atoms with Crippen molar-refractivity contribution >= 4 is 49.1 Å². The Morgan fingerprint density at radius 1 is 1.15 bits per heavy atom. The highest BCUT2D eigenvalue weighted by Crippen LogP contribution is 2.26. The molecule has 0 spiro atoms. The fourth-order valence-electron chi connectivity index (χ4n) is 1.61. The van der Waals surface area contributed by atoms with E-state index in [1.807, 2.05) is 18.4 Å². The van der Waals surface area contributed by atoms with Crippen LogP contribution in [0.25, 0.3) is 0 Å². The van der Waals surface area contributed by atoms with E-state index >= 15 is 0 Å². The first-order valence-electron chi connectivity index (χ1n) is 5.64. The summed E-state index contributed by atoms with van der Waals surface area (Å²) in [6.07, 6.45) is 1.96. The number of nitrogens with one attached hydrogen (secondary N) is 1. The largest absolute Gasteiger partial charge is 0.398 e. The van der Waals surface area contributed by atoms with E-state index in [2.05, 4.69) is 20.7 Å². The van der Waals surface area contributed by atoms with Crippen molar-refractivity contribution in [1.82, 2.24) is 0 Å². The summed E-state index contributed by atoms with van der Waals surface area (Å²) in [5.74, 6) is 0. The van der Waals surface area contributed by atoms with E-state index < -0.39 is 10.0 Å². The van der Waals surface area contributed by atoms with Gasteiger partial charge >= 0.3 is 0 Å². The van der Waals surface area contributed by atoms with E-state index in [9.17, 15) is 8.42 Å². The number of rotatable bonds is 4. The molecule has 0 unspecified atom stereocenters. The van der Waals surface area contributed by atoms with E-state index in [1.54, 1.807) is 36.0 Å². The van der Waals surface area contributed by atoms with Crippen molar-refractivity contribution in [2.24, 2.45) is 0 Å². The quantitative estimate of drug-likeness (QED) is 0.635. The molecule has 106 valence electrons. The third-order valence-corrected chi connectivity index (χ3v) is 5.28. The lowest BCUT2D eigenvalue weighted by Crippen LogP contribution is -2.14. The maximum absolute atomic E-state index is 12.3. The molecule has 0 aliphatic heterocycles. The predicted molar refractivity (Wildman–Crippen MR) is 87.6 cm³/mol. The lowest BCUT2D eigenvalue weighted by Gasteiger charge is -2.11. The lowest BCUT2D eigenvalue weighted by atomic mass is 10.3. The summed E-state index contributed by atoms with van der Waals surface area (Å²) in [5.41, 5.74) is 6.44. The summed E-state index contributed by atoms with van der Waals surface area (Å²) < 4.78 is 27.8. The van der Waals surface area contributed by atoms with Crippen LogP contribution in [0.1, 0.15) is 0 Å². The highest BCUT2D eigenvalue weighted by atomic mass is 79.9. The summed E-state index contributed by atoms with van der Waals surface area (Å²) in [6.45, 7) is 0. The highest BCUT2D eigenvalue weighted by Gasteiger charge is 2.17. The van der Waals surface area contributed by atoms with Crippen LogP contribution in [0, 0.1) is 0 Å². The van der Waals surface area contributed by atoms with Gasteiger partial charge in [-0.05, 0) is 48.7 Å². The van der Waals surface area contributed by atoms with Crippen LogP contribution in [-0.4, -0.2) is 14.7 Å². The van der Waals surface area contributed by atoms with Crippen molar-refractivity contribution in [2.45, 2.75) is 9.79 Å². The van der Waals surface area contributed by atoms with Crippen molar-refractivity contribution in [1.29, 1.82) is 0 Å². The first-order chi connectivity index (χ1) is 9.42. The molecule has 0 radical (unpaired) electrons. The molecule has 0 aliphatic carbocycles. The molecule has 0 amide bonds. The molecular weight excluding hydrogens is 360 g/mol. The Morgan fingerprint density at radius 3 is 2.40 bits per heavy atom. The Bertz CT molecular complexity index is 716. The fraction of sp³-hybridized carbons (Fsp3) is 0.0769. The van der Waals surface area contributed by atoms with Gasteiger partial charge in [0.1, 0.15) is 4.90 Å². The SMILES string of the molecule is CSc1ccc(NS(=O)(=O)c2cc(Br)ccc2N)cc1. The summed E-state index contributed by atoms with van der Waals surface area (Å²) in [6, 6.07) is 11.9. The standard InChI is InChI=1S/C13H13BrN2O2S2/c1-19-11-5-3-10(4-6-11)16-20(17,18)13-8-9(14)2-7-12(13)15/h2-8,16H,15H2,1H3. The van der Waals surface area contributed by atoms with Crippen molar-refractivity contribution in [3.63, 3.8) is 0 Å². The average molecular weight is 373 g/mol. The van der Waals surface area contributed by atoms with Gasteiger partial charge in [-0.1, -0.05) is 15.9 Å². The number of nitrogens with two attached hydrogens (primary N) is 1. The lowest BCUT2D eigenvalue weighted by molar-refractivity contribution is 0.601. The molecule has 0 atom stereocenters. The van der Waals surface area contributed by atoms with Gasteiger partial charge in [-0.25, -0.2) is 8.42 Å². The molecule has 7 heteroatoms. The van der Waals surface area contributed by atoms with Crippen molar-refractivity contribution in [2.75, 3.05) is 16.7 Å². The van der Waals surface area contributed by atoms with Crippen LogP contribution in [0.3, 0.4) is 0 Å². The number of halogens is 1. The molecule has 0 bridgehead atoms. The average Bonchev–Trinajstić information content (AvgIpc) is 2.42. The second-order valence-corrected chi connectivity index (χ2v) is 7.46. The number of hydrogen-bond acceptors (Lipinski definition) is 4. The number of thioether (sulfide) groups is 1. The maximum Gasteiger partial charge on any atom is 0.263 e. The van der Waals surface area contributed by atoms with Crippen LogP contribution in [0.4, 0.5) is 11.4 Å². The second-order valence-electron chi connectivity index (χ2n) is 4.02. The van der Waals surface area contributed by atoms with Gasteiger partial charge < -0.3 is 5.73 Å². The molecule has 0 fully saturated rings. The molecular formula is C13H13BrN2O2S2. The van der Waals surface area contributed by atoms with E-state index in [0.717, 1.165) is 4.90 Å². The summed E-state index contributed by atoms with van der Waals surface area (Å²) >= 11 is 4.84. The summed E-state index contributed by atoms with van der Waals surface area (Å²) in [4.78, 5) is 1.12. The van der Waals surface area contributed by atoms with E-state index in [1.165, 1.54) is 6.07 Å². The minimum atomic E-state index is -3.70. The molecule has 0 heterocycles. The molecule has 2 aromatic rings.